The summed E-state index contributed by atoms with van der Waals surface area (Å²) in [4.78, 5) is 23.3. The van der Waals surface area contributed by atoms with Gasteiger partial charge in [-0.2, -0.15) is 23.0 Å². The monoisotopic (exact) mass is 457 g/mol. The number of aromatic nitrogens is 2. The number of anilines is 1. The summed E-state index contributed by atoms with van der Waals surface area (Å²) < 4.78 is 58.5. The number of hydrogen-bond donors (Lipinski definition) is 2. The van der Waals surface area contributed by atoms with Crippen molar-refractivity contribution in [3.63, 3.8) is 0 Å². The van der Waals surface area contributed by atoms with Crippen LogP contribution in [0.5, 0.6) is 5.88 Å². The molecule has 1 amide bonds. The van der Waals surface area contributed by atoms with Gasteiger partial charge in [0.2, 0.25) is 5.88 Å². The minimum absolute atomic E-state index is 0.0850. The van der Waals surface area contributed by atoms with Crippen molar-refractivity contribution >= 4 is 29.2 Å². The third-order valence-corrected chi connectivity index (χ3v) is 4.20. The van der Waals surface area contributed by atoms with E-state index in [1.54, 1.807) is 6.07 Å². The van der Waals surface area contributed by atoms with E-state index in [1.807, 2.05) is 0 Å². The smallest absolute Gasteiger partial charge is 0.435 e. The number of aromatic carboxylic acids is 1. The minimum atomic E-state index is -4.78. The molecule has 0 aliphatic rings. The lowest BCUT2D eigenvalue weighted by molar-refractivity contribution is -0.141. The van der Waals surface area contributed by atoms with E-state index < -0.39 is 47.6 Å². The van der Waals surface area contributed by atoms with Crippen LogP contribution in [0.25, 0.3) is 5.69 Å². The van der Waals surface area contributed by atoms with E-state index in [-0.39, 0.29) is 16.4 Å². The highest BCUT2D eigenvalue weighted by molar-refractivity contribution is 6.32. The maximum atomic E-state index is 13.2. The first-order chi connectivity index (χ1) is 14.6. The predicted molar refractivity (Wildman–Crippen MR) is 101 cm³/mol. The molecule has 0 unspecified atom stereocenters. The number of nitrogens with one attached hydrogen (secondary N) is 1. The molecule has 3 rings (SSSR count). The summed E-state index contributed by atoms with van der Waals surface area (Å²) in [5, 5.41) is 14.8. The summed E-state index contributed by atoms with van der Waals surface area (Å²) in [5.41, 5.74) is -1.90. The molecule has 0 spiro atoms. The van der Waals surface area contributed by atoms with E-state index in [2.05, 4.69) is 10.4 Å². The third kappa shape index (κ3) is 5.12. The molecule has 1 heterocycles. The average Bonchev–Trinajstić information content (AvgIpc) is 3.12. The molecular weight excluding hydrogens is 446 g/mol. The first kappa shape index (κ1) is 22.1. The lowest BCUT2D eigenvalue weighted by atomic mass is 10.1. The van der Waals surface area contributed by atoms with Crippen molar-refractivity contribution in [2.24, 2.45) is 0 Å². The van der Waals surface area contributed by atoms with Crippen molar-refractivity contribution in [1.82, 2.24) is 9.78 Å². The summed E-state index contributed by atoms with van der Waals surface area (Å²) >= 11 is 6.02. The van der Waals surface area contributed by atoms with Gasteiger partial charge in [-0.3, -0.25) is 4.79 Å². The second-order valence-electron chi connectivity index (χ2n) is 6.06. The van der Waals surface area contributed by atoms with E-state index >= 15 is 0 Å². The van der Waals surface area contributed by atoms with Gasteiger partial charge in [-0.25, -0.2) is 9.18 Å². The zero-order chi connectivity index (χ0) is 22.8. The molecule has 2 N–H and O–H groups in total. The van der Waals surface area contributed by atoms with Crippen LogP contribution in [0.1, 0.15) is 16.1 Å². The number of carboxylic acids is 1. The molecular formula is C19H12ClF4N3O4. The SMILES string of the molecule is O=C(COc1cc(C(F)(F)F)nn1-c1ccccc1Cl)Nc1ccc(F)cc1C(=O)O. The number of amides is 1. The van der Waals surface area contributed by atoms with Gasteiger partial charge < -0.3 is 15.2 Å². The van der Waals surface area contributed by atoms with Gasteiger partial charge in [0, 0.05) is 6.07 Å². The molecule has 0 aliphatic carbocycles. The summed E-state index contributed by atoms with van der Waals surface area (Å²) in [6, 6.07) is 9.20. The van der Waals surface area contributed by atoms with Crippen LogP contribution >= 0.6 is 11.6 Å². The Kier molecular flexibility index (Phi) is 6.16. The Bertz CT molecular complexity index is 1150. The van der Waals surface area contributed by atoms with E-state index in [0.717, 1.165) is 16.8 Å². The van der Waals surface area contributed by atoms with Gasteiger partial charge in [0.15, 0.2) is 12.3 Å². The summed E-state index contributed by atoms with van der Waals surface area (Å²) in [5.74, 6) is -3.62. The summed E-state index contributed by atoms with van der Waals surface area (Å²) in [7, 11) is 0. The Morgan fingerprint density at radius 1 is 1.16 bits per heavy atom. The van der Waals surface area contributed by atoms with Crippen molar-refractivity contribution in [3.8, 4) is 11.6 Å². The number of halogens is 5. The maximum absolute atomic E-state index is 13.2. The largest absolute Gasteiger partial charge is 0.478 e. The summed E-state index contributed by atoms with van der Waals surface area (Å²) in [6.07, 6.45) is -4.78. The Morgan fingerprint density at radius 3 is 2.52 bits per heavy atom. The van der Waals surface area contributed by atoms with Crippen molar-refractivity contribution in [1.29, 1.82) is 0 Å². The van der Waals surface area contributed by atoms with Gasteiger partial charge >= 0.3 is 12.1 Å². The van der Waals surface area contributed by atoms with Crippen LogP contribution < -0.4 is 10.1 Å². The van der Waals surface area contributed by atoms with E-state index in [9.17, 15) is 27.2 Å². The fraction of sp³-hybridized carbons (Fsp3) is 0.105. The number of carbonyl (C=O) groups is 2. The lowest BCUT2D eigenvalue weighted by Crippen LogP contribution is -2.22. The Hall–Kier alpha value is -3.60. The molecule has 12 heteroatoms. The van der Waals surface area contributed by atoms with Crippen LogP contribution in [0.2, 0.25) is 5.02 Å². The molecule has 0 aliphatic heterocycles. The number of benzene rings is 2. The van der Waals surface area contributed by atoms with Gasteiger partial charge in [0.05, 0.1) is 22.0 Å². The fourth-order valence-corrected chi connectivity index (χ4v) is 2.75. The number of carbonyl (C=O) groups excluding carboxylic acids is 1. The van der Waals surface area contributed by atoms with Crippen LogP contribution in [-0.4, -0.2) is 33.4 Å². The molecule has 162 valence electrons. The highest BCUT2D eigenvalue weighted by atomic mass is 35.5. The lowest BCUT2D eigenvalue weighted by Gasteiger charge is -2.11. The van der Waals surface area contributed by atoms with Crippen molar-refractivity contribution in [2.75, 3.05) is 11.9 Å². The molecule has 0 saturated heterocycles. The van der Waals surface area contributed by atoms with Gasteiger partial charge in [-0.15, -0.1) is 0 Å². The second-order valence-corrected chi connectivity index (χ2v) is 6.47. The molecule has 0 fully saturated rings. The van der Waals surface area contributed by atoms with Crippen LogP contribution in [0.4, 0.5) is 23.2 Å². The number of carboxylic acid groups (broad SMARTS) is 1. The van der Waals surface area contributed by atoms with Crippen molar-refractivity contribution < 1.29 is 37.0 Å². The zero-order valence-corrected chi connectivity index (χ0v) is 16.0. The van der Waals surface area contributed by atoms with E-state index in [1.165, 1.54) is 18.2 Å². The van der Waals surface area contributed by atoms with Crippen LogP contribution in [-0.2, 0) is 11.0 Å². The number of nitrogens with zero attached hydrogens (tertiary/aromatic N) is 2. The first-order valence-electron chi connectivity index (χ1n) is 8.44. The van der Waals surface area contributed by atoms with Gasteiger partial charge in [0.1, 0.15) is 5.82 Å². The van der Waals surface area contributed by atoms with Gasteiger partial charge in [-0.1, -0.05) is 23.7 Å². The van der Waals surface area contributed by atoms with Gasteiger partial charge in [0.25, 0.3) is 5.91 Å². The van der Waals surface area contributed by atoms with Gasteiger partial charge in [-0.05, 0) is 30.3 Å². The molecule has 3 aromatic rings. The number of para-hydroxylation sites is 1. The predicted octanol–water partition coefficient (Wildman–Crippen LogP) is 4.40. The van der Waals surface area contributed by atoms with Crippen LogP contribution in [0, 0.1) is 5.82 Å². The topological polar surface area (TPSA) is 93.5 Å². The molecule has 1 aromatic heterocycles. The van der Waals surface area contributed by atoms with Crippen molar-refractivity contribution in [3.05, 3.63) is 70.6 Å². The average molecular weight is 458 g/mol. The Morgan fingerprint density at radius 2 is 1.87 bits per heavy atom. The quantitative estimate of drug-likeness (QED) is 0.535. The molecule has 0 radical (unpaired) electrons. The molecule has 31 heavy (non-hydrogen) atoms. The second kappa shape index (κ2) is 8.64. The van der Waals surface area contributed by atoms with E-state index in [0.29, 0.717) is 12.1 Å². The molecule has 7 nitrogen and oxygen atoms in total. The molecule has 2 aromatic carbocycles. The molecule has 0 bridgehead atoms. The van der Waals surface area contributed by atoms with Crippen molar-refractivity contribution in [2.45, 2.75) is 6.18 Å². The normalized spacial score (nSPS) is 11.3. The molecule has 0 saturated carbocycles. The standard InChI is InChI=1S/C19H12ClF4N3O4/c20-12-3-1-2-4-14(12)27-17(8-15(26-27)19(22,23)24)31-9-16(28)25-13-6-5-10(21)7-11(13)18(29)30/h1-8H,9H2,(H,25,28)(H,29,30). The zero-order valence-electron chi connectivity index (χ0n) is 15.3. The number of ether oxygens (including phenoxy) is 1. The first-order valence-corrected chi connectivity index (χ1v) is 8.81. The highest BCUT2D eigenvalue weighted by Gasteiger charge is 2.36. The maximum Gasteiger partial charge on any atom is 0.435 e. The number of alkyl halides is 3. The minimum Gasteiger partial charge on any atom is -0.478 e. The number of rotatable bonds is 6. The summed E-state index contributed by atoms with van der Waals surface area (Å²) in [6.45, 7) is -0.788. The number of hydrogen-bond acceptors (Lipinski definition) is 4. The Balaban J connectivity index is 1.83. The fourth-order valence-electron chi connectivity index (χ4n) is 2.53. The van der Waals surface area contributed by atoms with Crippen LogP contribution in [0.15, 0.2) is 48.5 Å². The highest BCUT2D eigenvalue weighted by Crippen LogP contribution is 2.33. The molecule has 0 atom stereocenters. The third-order valence-electron chi connectivity index (χ3n) is 3.89. The Labute approximate surface area is 176 Å². The van der Waals surface area contributed by atoms with Crippen LogP contribution in [0.3, 0.4) is 0 Å². The van der Waals surface area contributed by atoms with E-state index in [4.69, 9.17) is 21.4 Å².